The number of unbranched alkanes of at least 4 members (excludes halogenated alkanes) is 2. The van der Waals surface area contributed by atoms with Crippen molar-refractivity contribution in [2.45, 2.75) is 44.1 Å². The van der Waals surface area contributed by atoms with Gasteiger partial charge in [-0.1, -0.05) is 54.4 Å². The Morgan fingerprint density at radius 3 is 2.52 bits per heavy atom. The largest absolute Gasteiger partial charge is 0.445 e. The molecule has 0 bridgehead atoms. The number of ether oxygens (including phenoxy) is 1. The van der Waals surface area contributed by atoms with Crippen LogP contribution < -0.4 is 5.32 Å². The molecule has 0 radical (unpaired) electrons. The monoisotopic (exact) mass is 391 g/mol. The zero-order valence-electron chi connectivity index (χ0n) is 15.3. The number of hydrogen-bond donors (Lipinski definition) is 2. The lowest BCUT2D eigenvalue weighted by Crippen LogP contribution is -2.25. The molecule has 2 N–H and O–H groups in total. The predicted molar refractivity (Wildman–Crippen MR) is 103 cm³/mol. The van der Waals surface area contributed by atoms with Crippen LogP contribution in [0.1, 0.15) is 36.0 Å². The molecule has 2 aromatic rings. The summed E-state index contributed by atoms with van der Waals surface area (Å²) < 4.78 is 37.3. The van der Waals surface area contributed by atoms with E-state index in [9.17, 15) is 17.8 Å². The SMILES string of the molecule is Cc1ccc(S(=O)(=O)O)c(CCCCCNC(=O)OCc2ccccc2)c1. The van der Waals surface area contributed by atoms with Gasteiger partial charge in [0, 0.05) is 6.54 Å². The molecule has 0 saturated carbocycles. The van der Waals surface area contributed by atoms with Gasteiger partial charge < -0.3 is 10.1 Å². The summed E-state index contributed by atoms with van der Waals surface area (Å²) in [7, 11) is -4.21. The normalized spacial score (nSPS) is 11.2. The maximum atomic E-state index is 11.6. The maximum absolute atomic E-state index is 11.6. The summed E-state index contributed by atoms with van der Waals surface area (Å²) in [5.74, 6) is 0. The smallest absolute Gasteiger partial charge is 0.407 e. The molecule has 2 rings (SSSR count). The summed E-state index contributed by atoms with van der Waals surface area (Å²) in [6.45, 7) is 2.60. The fourth-order valence-electron chi connectivity index (χ4n) is 2.74. The summed E-state index contributed by atoms with van der Waals surface area (Å²) >= 11 is 0. The lowest BCUT2D eigenvalue weighted by atomic mass is 10.0. The zero-order valence-corrected chi connectivity index (χ0v) is 16.2. The van der Waals surface area contributed by atoms with E-state index >= 15 is 0 Å². The average molecular weight is 391 g/mol. The van der Waals surface area contributed by atoms with Gasteiger partial charge in [-0.25, -0.2) is 4.79 Å². The highest BCUT2D eigenvalue weighted by Crippen LogP contribution is 2.19. The van der Waals surface area contributed by atoms with Crippen molar-refractivity contribution in [1.29, 1.82) is 0 Å². The van der Waals surface area contributed by atoms with Crippen molar-refractivity contribution in [3.05, 3.63) is 65.2 Å². The van der Waals surface area contributed by atoms with Gasteiger partial charge in [0.25, 0.3) is 10.1 Å². The Balaban J connectivity index is 1.66. The van der Waals surface area contributed by atoms with Crippen LogP contribution in [0.5, 0.6) is 0 Å². The zero-order chi connectivity index (χ0) is 19.7. The predicted octanol–water partition coefficient (Wildman–Crippen LogP) is 3.88. The van der Waals surface area contributed by atoms with Crippen molar-refractivity contribution in [3.63, 3.8) is 0 Å². The van der Waals surface area contributed by atoms with E-state index in [1.165, 1.54) is 6.07 Å². The Kier molecular flexibility index (Phi) is 7.82. The Labute approximate surface area is 160 Å². The Morgan fingerprint density at radius 1 is 1.07 bits per heavy atom. The van der Waals surface area contributed by atoms with Gasteiger partial charge in [-0.3, -0.25) is 4.55 Å². The molecule has 6 nitrogen and oxygen atoms in total. The number of carbonyl (C=O) groups is 1. The van der Waals surface area contributed by atoms with Crippen LogP contribution in [0.4, 0.5) is 4.79 Å². The van der Waals surface area contributed by atoms with E-state index in [0.29, 0.717) is 18.5 Å². The molecule has 27 heavy (non-hydrogen) atoms. The molecule has 0 fully saturated rings. The highest BCUT2D eigenvalue weighted by Gasteiger charge is 2.14. The summed E-state index contributed by atoms with van der Waals surface area (Å²) in [4.78, 5) is 11.6. The van der Waals surface area contributed by atoms with Crippen molar-refractivity contribution in [2.24, 2.45) is 0 Å². The maximum Gasteiger partial charge on any atom is 0.407 e. The van der Waals surface area contributed by atoms with E-state index in [2.05, 4.69) is 5.32 Å². The third-order valence-corrected chi connectivity index (χ3v) is 5.05. The van der Waals surface area contributed by atoms with Gasteiger partial charge in [0.05, 0.1) is 4.90 Å². The third kappa shape index (κ3) is 7.40. The van der Waals surface area contributed by atoms with Crippen LogP contribution in [0.25, 0.3) is 0 Å². The number of rotatable bonds is 9. The first-order valence-corrected chi connectivity index (χ1v) is 10.3. The molecule has 0 saturated heterocycles. The first-order chi connectivity index (χ1) is 12.9. The van der Waals surface area contributed by atoms with Gasteiger partial charge in [0.2, 0.25) is 0 Å². The van der Waals surface area contributed by atoms with Crippen molar-refractivity contribution >= 4 is 16.2 Å². The fraction of sp³-hybridized carbons (Fsp3) is 0.350. The molecule has 0 atom stereocenters. The topological polar surface area (TPSA) is 92.7 Å². The summed E-state index contributed by atoms with van der Waals surface area (Å²) in [5, 5.41) is 2.70. The fourth-order valence-corrected chi connectivity index (χ4v) is 3.47. The van der Waals surface area contributed by atoms with Gasteiger partial charge in [0.15, 0.2) is 0 Å². The van der Waals surface area contributed by atoms with E-state index < -0.39 is 16.2 Å². The van der Waals surface area contributed by atoms with E-state index in [0.717, 1.165) is 30.4 Å². The van der Waals surface area contributed by atoms with Gasteiger partial charge in [0.1, 0.15) is 6.61 Å². The van der Waals surface area contributed by atoms with Crippen LogP contribution in [0.15, 0.2) is 53.4 Å². The van der Waals surface area contributed by atoms with Gasteiger partial charge in [-0.15, -0.1) is 0 Å². The molecular weight excluding hydrogens is 366 g/mol. The van der Waals surface area contributed by atoms with E-state index in [-0.39, 0.29) is 11.5 Å². The van der Waals surface area contributed by atoms with Crippen LogP contribution in [-0.2, 0) is 27.9 Å². The van der Waals surface area contributed by atoms with Crippen molar-refractivity contribution in [3.8, 4) is 0 Å². The van der Waals surface area contributed by atoms with Crippen LogP contribution in [0.2, 0.25) is 0 Å². The number of aryl methyl sites for hydroxylation is 2. The molecule has 0 aliphatic rings. The number of carbonyl (C=O) groups excluding carboxylic acids is 1. The molecule has 7 heteroatoms. The molecule has 1 amide bonds. The molecule has 0 unspecified atom stereocenters. The third-order valence-electron chi connectivity index (χ3n) is 4.10. The van der Waals surface area contributed by atoms with Crippen LogP contribution in [-0.4, -0.2) is 25.6 Å². The highest BCUT2D eigenvalue weighted by atomic mass is 32.2. The van der Waals surface area contributed by atoms with Gasteiger partial charge >= 0.3 is 6.09 Å². The quantitative estimate of drug-likeness (QED) is 0.500. The second-order valence-electron chi connectivity index (χ2n) is 6.39. The van der Waals surface area contributed by atoms with Gasteiger partial charge in [-0.05, 0) is 43.4 Å². The minimum Gasteiger partial charge on any atom is -0.445 e. The van der Waals surface area contributed by atoms with Crippen LogP contribution >= 0.6 is 0 Å². The average Bonchev–Trinajstić information content (AvgIpc) is 2.62. The number of hydrogen-bond acceptors (Lipinski definition) is 4. The second-order valence-corrected chi connectivity index (χ2v) is 7.78. The van der Waals surface area contributed by atoms with E-state index in [1.54, 1.807) is 12.1 Å². The number of benzene rings is 2. The Hall–Kier alpha value is -2.38. The number of amides is 1. The summed E-state index contributed by atoms with van der Waals surface area (Å²) in [5.41, 5.74) is 2.49. The number of alkyl carbamates (subject to hydrolysis) is 1. The van der Waals surface area contributed by atoms with Crippen molar-refractivity contribution in [1.82, 2.24) is 5.32 Å². The highest BCUT2D eigenvalue weighted by molar-refractivity contribution is 7.85. The molecule has 0 aliphatic heterocycles. The molecule has 0 aromatic heterocycles. The molecule has 146 valence electrons. The Bertz CT molecular complexity index is 850. The standard InChI is InChI=1S/C20H25NO5S/c1-16-11-12-19(27(23,24)25)18(14-16)10-6-3-7-13-21-20(22)26-15-17-8-4-2-5-9-17/h2,4-5,8-9,11-12,14H,3,6-7,10,13,15H2,1H3,(H,21,22)(H,23,24,25). The molecule has 0 heterocycles. The molecular formula is C20H25NO5S. The van der Waals surface area contributed by atoms with E-state index in [1.807, 2.05) is 37.3 Å². The summed E-state index contributed by atoms with van der Waals surface area (Å²) in [6.07, 6.45) is 2.43. The molecule has 0 aliphatic carbocycles. The minimum absolute atomic E-state index is 0.0317. The molecule has 2 aromatic carbocycles. The first-order valence-electron chi connectivity index (χ1n) is 8.88. The summed E-state index contributed by atoms with van der Waals surface area (Å²) in [6, 6.07) is 14.3. The van der Waals surface area contributed by atoms with Gasteiger partial charge in [-0.2, -0.15) is 8.42 Å². The molecule has 0 spiro atoms. The second kappa shape index (κ2) is 10.1. The lowest BCUT2D eigenvalue weighted by molar-refractivity contribution is 0.139. The number of nitrogens with one attached hydrogen (secondary N) is 1. The minimum atomic E-state index is -4.21. The first kappa shape index (κ1) is 20.9. The van der Waals surface area contributed by atoms with Crippen molar-refractivity contribution in [2.75, 3.05) is 6.54 Å². The van der Waals surface area contributed by atoms with E-state index in [4.69, 9.17) is 4.74 Å². The lowest BCUT2D eigenvalue weighted by Gasteiger charge is -2.09. The van der Waals surface area contributed by atoms with Crippen LogP contribution in [0, 0.1) is 6.92 Å². The van der Waals surface area contributed by atoms with Crippen LogP contribution in [0.3, 0.4) is 0 Å². The van der Waals surface area contributed by atoms with Crippen molar-refractivity contribution < 1.29 is 22.5 Å². The Morgan fingerprint density at radius 2 is 1.81 bits per heavy atom.